The molecule has 2 nitrogen and oxygen atoms in total. The number of rotatable bonds is 3. The van der Waals surface area contributed by atoms with E-state index in [-0.39, 0.29) is 5.82 Å². The van der Waals surface area contributed by atoms with Gasteiger partial charge in [-0.15, -0.1) is 11.8 Å². The summed E-state index contributed by atoms with van der Waals surface area (Å²) in [5.41, 5.74) is 2.50. The number of nitrogens with one attached hydrogen (secondary N) is 1. The molecule has 0 aliphatic rings. The lowest BCUT2D eigenvalue weighted by atomic mass is 10.1. The van der Waals surface area contributed by atoms with E-state index >= 15 is 0 Å². The van der Waals surface area contributed by atoms with Gasteiger partial charge in [0.1, 0.15) is 11.9 Å². The molecule has 0 aliphatic carbocycles. The number of hydrogen-bond donors (Lipinski definition) is 1. The average Bonchev–Trinajstić information content (AvgIpc) is 2.43. The molecule has 0 atom stereocenters. The molecule has 2 rings (SSSR count). The fourth-order valence-corrected chi connectivity index (χ4v) is 2.38. The van der Waals surface area contributed by atoms with Crippen LogP contribution in [0.25, 0.3) is 0 Å². The van der Waals surface area contributed by atoms with Gasteiger partial charge in [0, 0.05) is 16.1 Å². The summed E-state index contributed by atoms with van der Waals surface area (Å²) in [6.07, 6.45) is 1.92. The Balaban J connectivity index is 2.44. The molecule has 0 amide bonds. The van der Waals surface area contributed by atoms with Gasteiger partial charge in [-0.3, -0.25) is 0 Å². The molecule has 0 saturated carbocycles. The summed E-state index contributed by atoms with van der Waals surface area (Å²) in [7, 11) is 0. The Morgan fingerprint density at radius 3 is 2.53 bits per heavy atom. The molecule has 0 aliphatic heterocycles. The molecular weight excluding hydrogens is 259 g/mol. The molecule has 96 valence electrons. The van der Waals surface area contributed by atoms with E-state index in [1.807, 2.05) is 24.5 Å². The van der Waals surface area contributed by atoms with E-state index in [9.17, 15) is 9.65 Å². The van der Waals surface area contributed by atoms with Gasteiger partial charge in [0.2, 0.25) is 0 Å². The predicted molar refractivity (Wildman–Crippen MR) is 77.4 cm³/mol. The molecule has 0 heterocycles. The largest absolute Gasteiger partial charge is 0.354 e. The molecule has 19 heavy (non-hydrogen) atoms. The van der Waals surface area contributed by atoms with Crippen LogP contribution >= 0.6 is 11.8 Å². The highest BCUT2D eigenvalue weighted by Gasteiger charge is 2.09. The second kappa shape index (κ2) is 5.77. The van der Waals surface area contributed by atoms with Crippen LogP contribution in [0.1, 0.15) is 11.1 Å². The molecule has 0 bridgehead atoms. The minimum absolute atomic E-state index is 0.260. The van der Waals surface area contributed by atoms with Crippen LogP contribution in [0, 0.1) is 24.1 Å². The summed E-state index contributed by atoms with van der Waals surface area (Å²) in [4.78, 5) is 0.904. The van der Waals surface area contributed by atoms with Crippen LogP contribution in [-0.4, -0.2) is 6.26 Å². The van der Waals surface area contributed by atoms with Crippen molar-refractivity contribution in [2.45, 2.75) is 11.8 Å². The second-order valence-corrected chi connectivity index (χ2v) is 4.88. The highest BCUT2D eigenvalue weighted by atomic mass is 32.2. The van der Waals surface area contributed by atoms with Crippen molar-refractivity contribution < 1.29 is 4.39 Å². The van der Waals surface area contributed by atoms with Crippen LogP contribution in [0.15, 0.2) is 41.3 Å². The van der Waals surface area contributed by atoms with Crippen LogP contribution in [0.4, 0.5) is 15.8 Å². The molecular formula is C15H13FN2S. The van der Waals surface area contributed by atoms with Gasteiger partial charge in [-0.25, -0.2) is 4.39 Å². The Bertz CT molecular complexity index is 647. The van der Waals surface area contributed by atoms with Crippen molar-refractivity contribution in [3.05, 3.63) is 53.3 Å². The van der Waals surface area contributed by atoms with Crippen LogP contribution in [-0.2, 0) is 0 Å². The summed E-state index contributed by atoms with van der Waals surface area (Å²) < 4.78 is 13.5. The smallest absolute Gasteiger partial charge is 0.128 e. The maximum absolute atomic E-state index is 13.5. The summed E-state index contributed by atoms with van der Waals surface area (Å²) in [6.45, 7) is 1.71. The number of hydrogen-bond acceptors (Lipinski definition) is 3. The molecule has 4 heteroatoms. The Morgan fingerprint density at radius 1 is 1.16 bits per heavy atom. The van der Waals surface area contributed by atoms with Crippen LogP contribution in [0.5, 0.6) is 0 Å². The lowest BCUT2D eigenvalue weighted by Gasteiger charge is -2.12. The first-order valence-electron chi connectivity index (χ1n) is 5.76. The van der Waals surface area contributed by atoms with Crippen molar-refractivity contribution in [2.24, 2.45) is 0 Å². The van der Waals surface area contributed by atoms with Gasteiger partial charge in [-0.2, -0.15) is 5.26 Å². The summed E-state index contributed by atoms with van der Waals surface area (Å²) in [5.74, 6) is -0.260. The van der Waals surface area contributed by atoms with Crippen molar-refractivity contribution in [3.63, 3.8) is 0 Å². The minimum atomic E-state index is -0.260. The molecule has 1 N–H and O–H groups in total. The standard InChI is InChI=1S/C15H13FN2S/c1-10-12(16)5-3-6-13(10)18-14-7-4-8-15(19-2)11(14)9-17/h3-8,18H,1-2H3. The maximum atomic E-state index is 13.5. The number of thioether (sulfide) groups is 1. The lowest BCUT2D eigenvalue weighted by Crippen LogP contribution is -1.98. The third kappa shape index (κ3) is 2.72. The van der Waals surface area contributed by atoms with Crippen molar-refractivity contribution in [1.29, 1.82) is 5.26 Å². The van der Waals surface area contributed by atoms with E-state index in [4.69, 9.17) is 0 Å². The SMILES string of the molecule is CSc1cccc(Nc2cccc(F)c2C)c1C#N. The zero-order valence-electron chi connectivity index (χ0n) is 10.7. The lowest BCUT2D eigenvalue weighted by molar-refractivity contribution is 0.619. The van der Waals surface area contributed by atoms with Crippen molar-refractivity contribution in [2.75, 3.05) is 11.6 Å². The monoisotopic (exact) mass is 272 g/mol. The van der Waals surface area contributed by atoms with E-state index in [0.29, 0.717) is 22.5 Å². The second-order valence-electron chi connectivity index (χ2n) is 4.03. The van der Waals surface area contributed by atoms with Gasteiger partial charge in [-0.05, 0) is 37.4 Å². The fraction of sp³-hybridized carbons (Fsp3) is 0.133. The Kier molecular flexibility index (Phi) is 4.08. The first kappa shape index (κ1) is 13.4. The quantitative estimate of drug-likeness (QED) is 0.837. The maximum Gasteiger partial charge on any atom is 0.128 e. The van der Waals surface area contributed by atoms with Crippen LogP contribution in [0.3, 0.4) is 0 Å². The highest BCUT2D eigenvalue weighted by molar-refractivity contribution is 7.98. The number of anilines is 2. The van der Waals surface area contributed by atoms with Gasteiger partial charge in [0.15, 0.2) is 0 Å². The zero-order chi connectivity index (χ0) is 13.8. The van der Waals surface area contributed by atoms with Gasteiger partial charge in [-0.1, -0.05) is 12.1 Å². The molecule has 0 fully saturated rings. The van der Waals surface area contributed by atoms with Gasteiger partial charge in [0.05, 0.1) is 11.3 Å². The van der Waals surface area contributed by atoms with E-state index in [0.717, 1.165) is 4.90 Å². The van der Waals surface area contributed by atoms with Crippen molar-refractivity contribution in [3.8, 4) is 6.07 Å². The third-order valence-corrected chi connectivity index (χ3v) is 3.68. The zero-order valence-corrected chi connectivity index (χ0v) is 11.5. The third-order valence-electron chi connectivity index (χ3n) is 2.89. The van der Waals surface area contributed by atoms with E-state index in [1.54, 1.807) is 19.1 Å². The topological polar surface area (TPSA) is 35.8 Å². The van der Waals surface area contributed by atoms with Crippen LogP contribution in [0.2, 0.25) is 0 Å². The summed E-state index contributed by atoms with van der Waals surface area (Å²) in [6, 6.07) is 12.7. The van der Waals surface area contributed by atoms with Crippen LogP contribution < -0.4 is 5.32 Å². The highest BCUT2D eigenvalue weighted by Crippen LogP contribution is 2.30. The first-order chi connectivity index (χ1) is 9.17. The average molecular weight is 272 g/mol. The molecule has 0 saturated heterocycles. The Hall–Kier alpha value is -1.99. The van der Waals surface area contributed by atoms with Gasteiger partial charge >= 0.3 is 0 Å². The fourth-order valence-electron chi connectivity index (χ4n) is 1.81. The number of nitrogens with zero attached hydrogens (tertiary/aromatic N) is 1. The summed E-state index contributed by atoms with van der Waals surface area (Å²) >= 11 is 1.52. The van der Waals surface area contributed by atoms with E-state index < -0.39 is 0 Å². The molecule has 2 aromatic carbocycles. The van der Waals surface area contributed by atoms with Crippen molar-refractivity contribution in [1.82, 2.24) is 0 Å². The Morgan fingerprint density at radius 2 is 1.84 bits per heavy atom. The normalized spacial score (nSPS) is 10.0. The minimum Gasteiger partial charge on any atom is -0.354 e. The molecule has 0 radical (unpaired) electrons. The Labute approximate surface area is 116 Å². The first-order valence-corrected chi connectivity index (χ1v) is 6.99. The summed E-state index contributed by atoms with van der Waals surface area (Å²) in [5, 5.41) is 12.4. The number of halogens is 1. The van der Waals surface area contributed by atoms with E-state index in [1.165, 1.54) is 17.8 Å². The van der Waals surface area contributed by atoms with E-state index in [2.05, 4.69) is 11.4 Å². The predicted octanol–water partition coefficient (Wildman–Crippen LogP) is 4.47. The molecule has 2 aromatic rings. The number of benzene rings is 2. The van der Waals surface area contributed by atoms with Gasteiger partial charge in [0.25, 0.3) is 0 Å². The van der Waals surface area contributed by atoms with Crippen molar-refractivity contribution >= 4 is 23.1 Å². The number of nitriles is 1. The molecule has 0 aromatic heterocycles. The molecule has 0 unspecified atom stereocenters. The molecule has 0 spiro atoms. The van der Waals surface area contributed by atoms with Gasteiger partial charge < -0.3 is 5.32 Å².